The number of rotatable bonds is 5. The fourth-order valence-electron chi connectivity index (χ4n) is 2.08. The topological polar surface area (TPSA) is 32.3 Å². The third-order valence-corrected chi connectivity index (χ3v) is 3.22. The number of Topliss-reactive ketones (excluding diaryl/α,β-unsaturated/α-hetero) is 1. The van der Waals surface area contributed by atoms with Crippen LogP contribution in [0.2, 0.25) is 0 Å². The first kappa shape index (κ1) is 12.7. The second-order valence-corrected chi connectivity index (χ2v) is 4.28. The first-order valence-electron chi connectivity index (χ1n) is 6.26. The van der Waals surface area contributed by atoms with Crippen LogP contribution in [0.15, 0.2) is 0 Å². The second kappa shape index (κ2) is 6.96. The molecule has 1 atom stereocenters. The Labute approximate surface area is 93.2 Å². The van der Waals surface area contributed by atoms with E-state index in [1.54, 1.807) is 0 Å². The fraction of sp³-hybridized carbons (Fsp3) is 0.917. The van der Waals surface area contributed by atoms with Gasteiger partial charge in [-0.25, -0.2) is 0 Å². The van der Waals surface area contributed by atoms with Gasteiger partial charge in [0.25, 0.3) is 0 Å². The highest BCUT2D eigenvalue weighted by Crippen LogP contribution is 2.09. The van der Waals surface area contributed by atoms with Crippen LogP contribution in [-0.2, 0) is 4.79 Å². The Morgan fingerprint density at radius 2 is 2.00 bits per heavy atom. The molecular formula is C12H24N2O. The molecule has 0 radical (unpaired) electrons. The van der Waals surface area contributed by atoms with Gasteiger partial charge in [0.2, 0.25) is 0 Å². The third kappa shape index (κ3) is 4.31. The zero-order valence-corrected chi connectivity index (χ0v) is 10.1. The number of hydrogen-bond acceptors (Lipinski definition) is 3. The van der Waals surface area contributed by atoms with Crippen LogP contribution in [0.1, 0.15) is 39.5 Å². The van der Waals surface area contributed by atoms with Gasteiger partial charge in [0.15, 0.2) is 5.78 Å². The fourth-order valence-corrected chi connectivity index (χ4v) is 2.08. The summed E-state index contributed by atoms with van der Waals surface area (Å²) >= 11 is 0. The minimum atomic E-state index is 0.119. The SMILES string of the molecule is CCN(CC)CC(=O)C1CCCCCN1. The van der Waals surface area contributed by atoms with Crippen LogP contribution in [0.25, 0.3) is 0 Å². The second-order valence-electron chi connectivity index (χ2n) is 4.28. The van der Waals surface area contributed by atoms with E-state index >= 15 is 0 Å². The number of nitrogens with zero attached hydrogens (tertiary/aromatic N) is 1. The highest BCUT2D eigenvalue weighted by Gasteiger charge is 2.20. The molecule has 3 nitrogen and oxygen atoms in total. The Balaban J connectivity index is 2.36. The van der Waals surface area contributed by atoms with Gasteiger partial charge in [-0.3, -0.25) is 9.69 Å². The largest absolute Gasteiger partial charge is 0.307 e. The van der Waals surface area contributed by atoms with Gasteiger partial charge in [-0.2, -0.15) is 0 Å². The van der Waals surface area contributed by atoms with E-state index in [0.717, 1.165) is 26.1 Å². The Morgan fingerprint density at radius 1 is 1.27 bits per heavy atom. The lowest BCUT2D eigenvalue weighted by molar-refractivity contribution is -0.122. The van der Waals surface area contributed by atoms with Crippen molar-refractivity contribution in [2.24, 2.45) is 0 Å². The molecule has 3 heteroatoms. The minimum Gasteiger partial charge on any atom is -0.307 e. The summed E-state index contributed by atoms with van der Waals surface area (Å²) in [5.74, 6) is 0.376. The maximum atomic E-state index is 12.0. The van der Waals surface area contributed by atoms with Crippen molar-refractivity contribution in [3.05, 3.63) is 0 Å². The van der Waals surface area contributed by atoms with E-state index in [1.807, 2.05) is 0 Å². The lowest BCUT2D eigenvalue weighted by Crippen LogP contribution is -2.42. The third-order valence-electron chi connectivity index (χ3n) is 3.22. The Morgan fingerprint density at radius 3 is 2.67 bits per heavy atom. The number of ketones is 1. The molecule has 1 N–H and O–H groups in total. The molecule has 1 heterocycles. The van der Waals surface area contributed by atoms with Crippen LogP contribution in [0.4, 0.5) is 0 Å². The smallest absolute Gasteiger partial charge is 0.163 e. The van der Waals surface area contributed by atoms with E-state index in [-0.39, 0.29) is 6.04 Å². The van der Waals surface area contributed by atoms with Crippen molar-refractivity contribution in [3.63, 3.8) is 0 Å². The van der Waals surface area contributed by atoms with E-state index in [9.17, 15) is 4.79 Å². The Kier molecular flexibility index (Phi) is 5.88. The molecule has 0 saturated carbocycles. The molecule has 0 aliphatic carbocycles. The molecule has 1 saturated heterocycles. The molecule has 1 rings (SSSR count). The number of carbonyl (C=O) groups excluding carboxylic acids is 1. The van der Waals surface area contributed by atoms with Gasteiger partial charge in [0.05, 0.1) is 12.6 Å². The molecule has 0 bridgehead atoms. The summed E-state index contributed by atoms with van der Waals surface area (Å²) in [6.07, 6.45) is 4.71. The summed E-state index contributed by atoms with van der Waals surface area (Å²) in [5, 5.41) is 3.36. The highest BCUT2D eigenvalue weighted by molar-refractivity contribution is 5.85. The minimum absolute atomic E-state index is 0.119. The van der Waals surface area contributed by atoms with E-state index in [4.69, 9.17) is 0 Å². The zero-order valence-electron chi connectivity index (χ0n) is 10.1. The monoisotopic (exact) mass is 212 g/mol. The summed E-state index contributed by atoms with van der Waals surface area (Å²) in [4.78, 5) is 14.2. The zero-order chi connectivity index (χ0) is 11.1. The predicted molar refractivity (Wildman–Crippen MR) is 63.1 cm³/mol. The van der Waals surface area contributed by atoms with Crippen LogP contribution in [0.3, 0.4) is 0 Å². The average molecular weight is 212 g/mol. The quantitative estimate of drug-likeness (QED) is 0.748. The summed E-state index contributed by atoms with van der Waals surface area (Å²) < 4.78 is 0. The summed E-state index contributed by atoms with van der Waals surface area (Å²) in [5.41, 5.74) is 0. The molecule has 15 heavy (non-hydrogen) atoms. The standard InChI is InChI=1S/C12H24N2O/c1-3-14(4-2)10-12(15)11-8-6-5-7-9-13-11/h11,13H,3-10H2,1-2H3. The van der Waals surface area contributed by atoms with Gasteiger partial charge in [0.1, 0.15) is 0 Å². The van der Waals surface area contributed by atoms with Crippen molar-refractivity contribution >= 4 is 5.78 Å². The number of carbonyl (C=O) groups is 1. The first-order chi connectivity index (χ1) is 7.27. The molecule has 0 aromatic carbocycles. The predicted octanol–water partition coefficient (Wildman–Crippen LogP) is 1.43. The molecule has 88 valence electrons. The molecule has 1 unspecified atom stereocenters. The highest BCUT2D eigenvalue weighted by atomic mass is 16.1. The summed E-state index contributed by atoms with van der Waals surface area (Å²) in [7, 11) is 0. The molecule has 1 aliphatic heterocycles. The molecule has 0 amide bonds. The van der Waals surface area contributed by atoms with Crippen LogP contribution >= 0.6 is 0 Å². The molecule has 0 aromatic rings. The summed E-state index contributed by atoms with van der Waals surface area (Å²) in [6.45, 7) is 7.78. The van der Waals surface area contributed by atoms with Crippen LogP contribution in [-0.4, -0.2) is 42.9 Å². The van der Waals surface area contributed by atoms with Gasteiger partial charge in [-0.15, -0.1) is 0 Å². The van der Waals surface area contributed by atoms with E-state index in [2.05, 4.69) is 24.1 Å². The van der Waals surface area contributed by atoms with Gasteiger partial charge in [-0.05, 0) is 32.5 Å². The van der Waals surface area contributed by atoms with E-state index in [1.165, 1.54) is 19.3 Å². The lowest BCUT2D eigenvalue weighted by Gasteiger charge is -2.21. The van der Waals surface area contributed by atoms with Crippen LogP contribution in [0, 0.1) is 0 Å². The maximum Gasteiger partial charge on any atom is 0.163 e. The Bertz CT molecular complexity index is 182. The van der Waals surface area contributed by atoms with Gasteiger partial charge in [-0.1, -0.05) is 26.7 Å². The van der Waals surface area contributed by atoms with Crippen molar-refractivity contribution < 1.29 is 4.79 Å². The van der Waals surface area contributed by atoms with Gasteiger partial charge in [0, 0.05) is 0 Å². The number of hydrogen-bond donors (Lipinski definition) is 1. The van der Waals surface area contributed by atoms with Gasteiger partial charge < -0.3 is 5.32 Å². The van der Waals surface area contributed by atoms with Crippen molar-refractivity contribution in [1.82, 2.24) is 10.2 Å². The number of nitrogens with one attached hydrogen (secondary N) is 1. The maximum absolute atomic E-state index is 12.0. The first-order valence-corrected chi connectivity index (χ1v) is 6.26. The van der Waals surface area contributed by atoms with Gasteiger partial charge >= 0.3 is 0 Å². The number of likely N-dealkylation sites (N-methyl/N-ethyl adjacent to an activating group) is 1. The van der Waals surface area contributed by atoms with Crippen LogP contribution < -0.4 is 5.32 Å². The average Bonchev–Trinajstić information content (AvgIpc) is 2.54. The Hall–Kier alpha value is -0.410. The normalized spacial score (nSPS) is 22.7. The molecule has 1 aliphatic rings. The summed E-state index contributed by atoms with van der Waals surface area (Å²) in [6, 6.07) is 0.119. The molecule has 1 fully saturated rings. The van der Waals surface area contributed by atoms with Crippen molar-refractivity contribution in [2.75, 3.05) is 26.2 Å². The molecule has 0 aromatic heterocycles. The van der Waals surface area contributed by atoms with Crippen molar-refractivity contribution in [1.29, 1.82) is 0 Å². The van der Waals surface area contributed by atoms with Crippen molar-refractivity contribution in [2.45, 2.75) is 45.6 Å². The molecular weight excluding hydrogens is 188 g/mol. The van der Waals surface area contributed by atoms with E-state index < -0.39 is 0 Å². The van der Waals surface area contributed by atoms with Crippen LogP contribution in [0.5, 0.6) is 0 Å². The van der Waals surface area contributed by atoms with Crippen molar-refractivity contribution in [3.8, 4) is 0 Å². The molecule has 0 spiro atoms. The lowest BCUT2D eigenvalue weighted by atomic mass is 10.1. The van der Waals surface area contributed by atoms with E-state index in [0.29, 0.717) is 12.3 Å².